The molecular formula is C21H29N3O2S. The molecule has 0 N–H and O–H groups in total. The van der Waals surface area contributed by atoms with E-state index in [2.05, 4.69) is 20.4 Å². The summed E-state index contributed by atoms with van der Waals surface area (Å²) in [4.78, 5) is 30.1. The Morgan fingerprint density at radius 3 is 2.56 bits per heavy atom. The topological polar surface area (TPSA) is 45.6 Å². The lowest BCUT2D eigenvalue weighted by Gasteiger charge is -2.28. The first-order valence-corrected chi connectivity index (χ1v) is 10.1. The largest absolute Gasteiger partial charge is 0.353 e. The van der Waals surface area contributed by atoms with Crippen molar-refractivity contribution in [2.75, 3.05) is 19.6 Å². The first kappa shape index (κ1) is 21.0. The SMILES string of the molecule is C=CCN(CC(=O)N(Cc1cccn1C)CC(C)C)C(=O)Cc1cccs1. The zero-order chi connectivity index (χ0) is 19.8. The van der Waals surface area contributed by atoms with E-state index in [1.54, 1.807) is 22.3 Å². The Kier molecular flexibility index (Phi) is 7.85. The van der Waals surface area contributed by atoms with Crippen LogP contribution in [-0.4, -0.2) is 45.8 Å². The molecule has 0 saturated heterocycles. The predicted molar refractivity (Wildman–Crippen MR) is 110 cm³/mol. The van der Waals surface area contributed by atoms with Crippen LogP contribution in [0.25, 0.3) is 0 Å². The zero-order valence-corrected chi connectivity index (χ0v) is 17.2. The van der Waals surface area contributed by atoms with Gasteiger partial charge in [-0.2, -0.15) is 0 Å². The second-order valence-electron chi connectivity index (χ2n) is 7.10. The minimum Gasteiger partial charge on any atom is -0.353 e. The molecule has 2 amide bonds. The number of nitrogens with zero attached hydrogens (tertiary/aromatic N) is 3. The van der Waals surface area contributed by atoms with E-state index >= 15 is 0 Å². The quantitative estimate of drug-likeness (QED) is 0.587. The van der Waals surface area contributed by atoms with E-state index in [1.807, 2.05) is 52.4 Å². The van der Waals surface area contributed by atoms with Gasteiger partial charge in [0.1, 0.15) is 6.54 Å². The Hall–Kier alpha value is -2.34. The molecule has 146 valence electrons. The number of carbonyl (C=O) groups excluding carboxylic acids is 2. The summed E-state index contributed by atoms with van der Waals surface area (Å²) in [6.45, 7) is 9.57. The fourth-order valence-corrected chi connectivity index (χ4v) is 3.60. The molecule has 0 spiro atoms. The molecule has 6 heteroatoms. The lowest BCUT2D eigenvalue weighted by atomic mass is 10.2. The molecule has 0 saturated carbocycles. The van der Waals surface area contributed by atoms with Gasteiger partial charge in [-0.3, -0.25) is 9.59 Å². The fraction of sp³-hybridized carbons (Fsp3) is 0.429. The molecule has 0 aromatic carbocycles. The van der Waals surface area contributed by atoms with Crippen molar-refractivity contribution in [2.24, 2.45) is 13.0 Å². The van der Waals surface area contributed by atoms with Gasteiger partial charge in [0.2, 0.25) is 11.8 Å². The zero-order valence-electron chi connectivity index (χ0n) is 16.4. The van der Waals surface area contributed by atoms with Crippen molar-refractivity contribution in [1.29, 1.82) is 0 Å². The van der Waals surface area contributed by atoms with Gasteiger partial charge in [-0.1, -0.05) is 26.0 Å². The third kappa shape index (κ3) is 6.40. The van der Waals surface area contributed by atoms with Crippen LogP contribution >= 0.6 is 11.3 Å². The maximum atomic E-state index is 13.0. The van der Waals surface area contributed by atoms with Crippen molar-refractivity contribution >= 4 is 23.2 Å². The molecule has 0 aliphatic rings. The average Bonchev–Trinajstić information content (AvgIpc) is 3.25. The Labute approximate surface area is 165 Å². The third-order valence-electron chi connectivity index (χ3n) is 4.28. The summed E-state index contributed by atoms with van der Waals surface area (Å²) in [6.07, 6.45) is 3.96. The molecule has 0 bridgehead atoms. The van der Waals surface area contributed by atoms with E-state index in [0.29, 0.717) is 32.0 Å². The summed E-state index contributed by atoms with van der Waals surface area (Å²) in [5.41, 5.74) is 1.07. The van der Waals surface area contributed by atoms with Crippen molar-refractivity contribution in [3.63, 3.8) is 0 Å². The van der Waals surface area contributed by atoms with Gasteiger partial charge in [-0.15, -0.1) is 17.9 Å². The highest BCUT2D eigenvalue weighted by Gasteiger charge is 2.22. The average molecular weight is 388 g/mol. The van der Waals surface area contributed by atoms with Crippen LogP contribution in [0.3, 0.4) is 0 Å². The Morgan fingerprint density at radius 2 is 2.00 bits per heavy atom. The van der Waals surface area contributed by atoms with Crippen molar-refractivity contribution in [2.45, 2.75) is 26.8 Å². The van der Waals surface area contributed by atoms with Crippen LogP contribution in [0, 0.1) is 5.92 Å². The molecule has 0 atom stereocenters. The molecule has 0 unspecified atom stereocenters. The Morgan fingerprint density at radius 1 is 1.22 bits per heavy atom. The second-order valence-corrected chi connectivity index (χ2v) is 8.13. The number of thiophene rings is 1. The molecule has 2 aromatic rings. The van der Waals surface area contributed by atoms with Crippen LogP contribution in [0.5, 0.6) is 0 Å². The molecule has 0 fully saturated rings. The number of amides is 2. The lowest BCUT2D eigenvalue weighted by molar-refractivity contribution is -0.140. The fourth-order valence-electron chi connectivity index (χ4n) is 2.90. The number of rotatable bonds is 10. The summed E-state index contributed by atoms with van der Waals surface area (Å²) in [6, 6.07) is 7.86. The minimum atomic E-state index is -0.0472. The summed E-state index contributed by atoms with van der Waals surface area (Å²) < 4.78 is 2.02. The maximum absolute atomic E-state index is 13.0. The number of aromatic nitrogens is 1. The predicted octanol–water partition coefficient (Wildman–Crippen LogP) is 3.33. The highest BCUT2D eigenvalue weighted by atomic mass is 32.1. The molecule has 27 heavy (non-hydrogen) atoms. The molecule has 0 radical (unpaired) electrons. The first-order chi connectivity index (χ1) is 12.9. The van der Waals surface area contributed by atoms with E-state index in [1.165, 1.54) is 0 Å². The highest BCUT2D eigenvalue weighted by molar-refractivity contribution is 7.10. The highest BCUT2D eigenvalue weighted by Crippen LogP contribution is 2.12. The standard InChI is InChI=1S/C21H29N3O2S/c1-5-10-23(20(25)13-19-9-7-12-27-19)16-21(26)24(14-17(2)3)15-18-8-6-11-22(18)4/h5-9,11-12,17H,1,10,13-16H2,2-4H3. The number of hydrogen-bond acceptors (Lipinski definition) is 3. The monoisotopic (exact) mass is 387 g/mol. The Balaban J connectivity index is 2.07. The summed E-state index contributed by atoms with van der Waals surface area (Å²) >= 11 is 1.55. The van der Waals surface area contributed by atoms with Gasteiger partial charge in [0.05, 0.1) is 13.0 Å². The van der Waals surface area contributed by atoms with Crippen LogP contribution in [-0.2, 0) is 29.6 Å². The van der Waals surface area contributed by atoms with Crippen LogP contribution in [0.15, 0.2) is 48.5 Å². The molecule has 2 rings (SSSR count). The van der Waals surface area contributed by atoms with E-state index in [-0.39, 0.29) is 18.4 Å². The van der Waals surface area contributed by atoms with Gasteiger partial charge in [0.25, 0.3) is 0 Å². The van der Waals surface area contributed by atoms with E-state index < -0.39 is 0 Å². The number of carbonyl (C=O) groups is 2. The van der Waals surface area contributed by atoms with Gasteiger partial charge >= 0.3 is 0 Å². The lowest BCUT2D eigenvalue weighted by Crippen LogP contribution is -2.44. The molecular weight excluding hydrogens is 358 g/mol. The van der Waals surface area contributed by atoms with Crippen LogP contribution in [0.4, 0.5) is 0 Å². The van der Waals surface area contributed by atoms with Gasteiger partial charge in [-0.05, 0) is 29.5 Å². The van der Waals surface area contributed by atoms with Crippen molar-refractivity contribution < 1.29 is 9.59 Å². The summed E-state index contributed by atoms with van der Waals surface area (Å²) in [5.74, 6) is 0.268. The third-order valence-corrected chi connectivity index (χ3v) is 5.15. The maximum Gasteiger partial charge on any atom is 0.242 e. The van der Waals surface area contributed by atoms with E-state index in [4.69, 9.17) is 0 Å². The van der Waals surface area contributed by atoms with E-state index in [9.17, 15) is 9.59 Å². The normalized spacial score (nSPS) is 10.8. The van der Waals surface area contributed by atoms with E-state index in [0.717, 1.165) is 10.6 Å². The second kappa shape index (κ2) is 10.1. The van der Waals surface area contributed by atoms with Crippen LogP contribution < -0.4 is 0 Å². The Bertz CT molecular complexity index is 749. The summed E-state index contributed by atoms with van der Waals surface area (Å²) in [5, 5.41) is 1.95. The molecule has 5 nitrogen and oxygen atoms in total. The van der Waals surface area contributed by atoms with Gasteiger partial charge in [-0.25, -0.2) is 0 Å². The minimum absolute atomic E-state index is 0.0359. The molecule has 2 heterocycles. The molecule has 0 aliphatic carbocycles. The number of aryl methyl sites for hydroxylation is 1. The number of hydrogen-bond donors (Lipinski definition) is 0. The first-order valence-electron chi connectivity index (χ1n) is 9.19. The van der Waals surface area contributed by atoms with Gasteiger partial charge < -0.3 is 14.4 Å². The van der Waals surface area contributed by atoms with Crippen molar-refractivity contribution in [3.8, 4) is 0 Å². The smallest absolute Gasteiger partial charge is 0.242 e. The van der Waals surface area contributed by atoms with Crippen LogP contribution in [0.2, 0.25) is 0 Å². The summed E-state index contributed by atoms with van der Waals surface area (Å²) in [7, 11) is 1.97. The van der Waals surface area contributed by atoms with Crippen molar-refractivity contribution in [3.05, 3.63) is 59.1 Å². The van der Waals surface area contributed by atoms with Crippen LogP contribution in [0.1, 0.15) is 24.4 Å². The van der Waals surface area contributed by atoms with Gasteiger partial charge in [0.15, 0.2) is 0 Å². The van der Waals surface area contributed by atoms with Gasteiger partial charge in [0, 0.05) is 36.9 Å². The molecule has 0 aliphatic heterocycles. The van der Waals surface area contributed by atoms with Crippen molar-refractivity contribution in [1.82, 2.24) is 14.4 Å². The molecule has 2 aromatic heterocycles.